The van der Waals surface area contributed by atoms with Crippen molar-refractivity contribution >= 4 is 5.78 Å². The molecule has 2 heterocycles. The van der Waals surface area contributed by atoms with Gasteiger partial charge in [0, 0.05) is 25.2 Å². The molecule has 2 saturated heterocycles. The van der Waals surface area contributed by atoms with Crippen LogP contribution < -0.4 is 0 Å². The molecule has 0 N–H and O–H groups in total. The molecule has 2 aliphatic rings. The quantitative estimate of drug-likeness (QED) is 0.651. The fourth-order valence-electron chi connectivity index (χ4n) is 2.93. The maximum Gasteiger partial charge on any atom is 0.148 e. The van der Waals surface area contributed by atoms with Crippen LogP contribution in [-0.2, 0) is 4.79 Å². The number of ketones is 1. The first-order valence-electron chi connectivity index (χ1n) is 5.60. The van der Waals surface area contributed by atoms with E-state index in [2.05, 4.69) is 23.6 Å². The summed E-state index contributed by atoms with van der Waals surface area (Å²) in [5.74, 6) is 0.329. The summed E-state index contributed by atoms with van der Waals surface area (Å²) >= 11 is 0. The zero-order valence-electron chi connectivity index (χ0n) is 9.36. The lowest BCUT2D eigenvalue weighted by Gasteiger charge is -2.42. The maximum absolute atomic E-state index is 11.6. The maximum atomic E-state index is 11.6. The summed E-state index contributed by atoms with van der Waals surface area (Å²) in [4.78, 5) is 16.4. The minimum Gasteiger partial charge on any atom is -0.300 e. The Morgan fingerprint density at radius 2 is 2.07 bits per heavy atom. The highest BCUT2D eigenvalue weighted by molar-refractivity contribution is 5.82. The minimum absolute atomic E-state index is 0.149. The first-order valence-corrected chi connectivity index (χ1v) is 5.60. The van der Waals surface area contributed by atoms with Crippen molar-refractivity contribution in [3.63, 3.8) is 0 Å². The molecule has 3 heteroatoms. The van der Waals surface area contributed by atoms with Crippen LogP contribution in [-0.4, -0.2) is 53.3 Å². The van der Waals surface area contributed by atoms with Crippen LogP contribution in [0.2, 0.25) is 0 Å². The van der Waals surface area contributed by atoms with Crippen LogP contribution in [0, 0.1) is 0 Å². The summed E-state index contributed by atoms with van der Waals surface area (Å²) < 4.78 is 0. The van der Waals surface area contributed by atoms with Gasteiger partial charge in [-0.2, -0.15) is 0 Å². The summed E-state index contributed by atoms with van der Waals surface area (Å²) in [6.45, 7) is 9.42. The molecule has 2 bridgehead atoms. The van der Waals surface area contributed by atoms with Crippen molar-refractivity contribution in [3.8, 4) is 0 Å². The molecule has 3 atom stereocenters. The van der Waals surface area contributed by atoms with Crippen molar-refractivity contribution in [1.29, 1.82) is 0 Å². The third-order valence-electron chi connectivity index (χ3n) is 3.53. The summed E-state index contributed by atoms with van der Waals surface area (Å²) in [7, 11) is 0. The fraction of sp³-hybridized carbons (Fsp3) is 0.909. The first-order chi connectivity index (χ1) is 6.59. The van der Waals surface area contributed by atoms with E-state index in [9.17, 15) is 4.79 Å². The lowest BCUT2D eigenvalue weighted by Crippen LogP contribution is -2.58. The van der Waals surface area contributed by atoms with Crippen LogP contribution in [0.25, 0.3) is 0 Å². The Morgan fingerprint density at radius 1 is 1.36 bits per heavy atom. The van der Waals surface area contributed by atoms with Gasteiger partial charge >= 0.3 is 0 Å². The van der Waals surface area contributed by atoms with Gasteiger partial charge in [0.15, 0.2) is 0 Å². The molecule has 0 aromatic rings. The van der Waals surface area contributed by atoms with Crippen molar-refractivity contribution in [1.82, 2.24) is 9.80 Å². The largest absolute Gasteiger partial charge is 0.300 e. The molecular weight excluding hydrogens is 176 g/mol. The zero-order valence-corrected chi connectivity index (χ0v) is 9.36. The van der Waals surface area contributed by atoms with Gasteiger partial charge in [0.05, 0.1) is 6.04 Å². The summed E-state index contributed by atoms with van der Waals surface area (Å²) in [6.07, 6.45) is 1.24. The average Bonchev–Trinajstić information content (AvgIpc) is 2.46. The van der Waals surface area contributed by atoms with Crippen molar-refractivity contribution in [2.45, 2.75) is 45.3 Å². The van der Waals surface area contributed by atoms with E-state index < -0.39 is 0 Å². The van der Waals surface area contributed by atoms with Crippen LogP contribution >= 0.6 is 0 Å². The van der Waals surface area contributed by atoms with Gasteiger partial charge in [0.2, 0.25) is 0 Å². The molecule has 0 spiro atoms. The summed E-state index contributed by atoms with van der Waals surface area (Å²) in [6, 6.07) is 1.27. The van der Waals surface area contributed by atoms with Crippen molar-refractivity contribution < 1.29 is 4.79 Å². The van der Waals surface area contributed by atoms with Gasteiger partial charge in [0.25, 0.3) is 0 Å². The van der Waals surface area contributed by atoms with E-state index in [1.54, 1.807) is 6.92 Å². The Bertz CT molecular complexity index is 239. The lowest BCUT2D eigenvalue weighted by molar-refractivity contribution is -0.126. The smallest absolute Gasteiger partial charge is 0.148 e. The van der Waals surface area contributed by atoms with E-state index in [1.165, 1.54) is 19.5 Å². The Kier molecular flexibility index (Phi) is 2.62. The number of hydrogen-bond acceptors (Lipinski definition) is 3. The van der Waals surface area contributed by atoms with Gasteiger partial charge in [-0.25, -0.2) is 0 Å². The lowest BCUT2D eigenvalue weighted by atomic mass is 10.0. The molecule has 2 aliphatic heterocycles. The summed E-state index contributed by atoms with van der Waals surface area (Å²) in [5, 5.41) is 0. The Morgan fingerprint density at radius 3 is 2.64 bits per heavy atom. The number of carbonyl (C=O) groups is 1. The van der Waals surface area contributed by atoms with Gasteiger partial charge in [-0.05, 0) is 33.7 Å². The Hall–Kier alpha value is -0.410. The molecule has 0 saturated carbocycles. The van der Waals surface area contributed by atoms with Gasteiger partial charge in [-0.1, -0.05) is 0 Å². The molecule has 0 radical (unpaired) electrons. The third-order valence-corrected chi connectivity index (χ3v) is 3.53. The predicted molar refractivity (Wildman–Crippen MR) is 56.3 cm³/mol. The van der Waals surface area contributed by atoms with E-state index in [4.69, 9.17) is 0 Å². The average molecular weight is 196 g/mol. The minimum atomic E-state index is 0.149. The highest BCUT2D eigenvalue weighted by Crippen LogP contribution is 2.27. The standard InChI is InChI=1S/C11H20N2O/c1-8(2)13-10-4-5-12(6-10)7-11(13)9(3)14/h8,10-11H,4-7H2,1-3H3. The van der Waals surface area contributed by atoms with Crippen LogP contribution in [0.15, 0.2) is 0 Å². The second-order valence-electron chi connectivity index (χ2n) is 4.87. The highest BCUT2D eigenvalue weighted by Gasteiger charge is 2.41. The zero-order chi connectivity index (χ0) is 10.3. The number of carbonyl (C=O) groups excluding carboxylic acids is 1. The van der Waals surface area contributed by atoms with Crippen molar-refractivity contribution in [2.75, 3.05) is 19.6 Å². The van der Waals surface area contributed by atoms with Crippen LogP contribution in [0.3, 0.4) is 0 Å². The first kappa shape index (κ1) is 10.1. The number of piperazine rings is 1. The highest BCUT2D eigenvalue weighted by atomic mass is 16.1. The molecule has 14 heavy (non-hydrogen) atoms. The monoisotopic (exact) mass is 196 g/mol. The van der Waals surface area contributed by atoms with Crippen molar-refractivity contribution in [3.05, 3.63) is 0 Å². The van der Waals surface area contributed by atoms with Gasteiger partial charge in [0.1, 0.15) is 5.78 Å². The third kappa shape index (κ3) is 1.59. The topological polar surface area (TPSA) is 23.6 Å². The van der Waals surface area contributed by atoms with Crippen LogP contribution in [0.5, 0.6) is 0 Å². The second kappa shape index (κ2) is 3.63. The molecule has 0 aliphatic carbocycles. The Balaban J connectivity index is 2.18. The fourth-order valence-corrected chi connectivity index (χ4v) is 2.93. The molecule has 80 valence electrons. The van der Waals surface area contributed by atoms with Crippen LogP contribution in [0.4, 0.5) is 0 Å². The summed E-state index contributed by atoms with van der Waals surface area (Å²) in [5.41, 5.74) is 0. The van der Waals surface area contributed by atoms with Gasteiger partial charge in [-0.15, -0.1) is 0 Å². The molecule has 2 fully saturated rings. The molecule has 2 rings (SSSR count). The number of nitrogens with zero attached hydrogens (tertiary/aromatic N) is 2. The molecule has 3 unspecified atom stereocenters. The van der Waals surface area contributed by atoms with E-state index in [0.717, 1.165) is 6.54 Å². The normalized spacial score (nSPS) is 37.9. The number of rotatable bonds is 2. The Labute approximate surface area is 86.1 Å². The molecule has 3 nitrogen and oxygen atoms in total. The number of fused-ring (bicyclic) bond motifs is 2. The SMILES string of the molecule is CC(=O)C1CN2CCC(C2)N1C(C)C. The van der Waals surface area contributed by atoms with Gasteiger partial charge < -0.3 is 0 Å². The molecular formula is C11H20N2O. The van der Waals surface area contributed by atoms with Gasteiger partial charge in [-0.3, -0.25) is 14.6 Å². The number of hydrogen-bond donors (Lipinski definition) is 0. The van der Waals surface area contributed by atoms with Crippen LogP contribution in [0.1, 0.15) is 27.2 Å². The molecule has 0 aromatic carbocycles. The number of Topliss-reactive ketones (excluding diaryl/α,β-unsaturated/α-hetero) is 1. The van der Waals surface area contributed by atoms with E-state index in [0.29, 0.717) is 17.9 Å². The molecule has 0 aromatic heterocycles. The van der Waals surface area contributed by atoms with E-state index in [1.807, 2.05) is 0 Å². The second-order valence-corrected chi connectivity index (χ2v) is 4.87. The van der Waals surface area contributed by atoms with E-state index in [-0.39, 0.29) is 6.04 Å². The van der Waals surface area contributed by atoms with Crippen molar-refractivity contribution in [2.24, 2.45) is 0 Å². The van der Waals surface area contributed by atoms with E-state index >= 15 is 0 Å². The molecule has 0 amide bonds. The predicted octanol–water partition coefficient (Wildman–Crippen LogP) is 0.742.